The van der Waals surface area contributed by atoms with Crippen molar-refractivity contribution in [2.75, 3.05) is 4.31 Å². The van der Waals surface area contributed by atoms with E-state index in [-0.39, 0.29) is 4.90 Å². The Morgan fingerprint density at radius 1 is 0.857 bits per heavy atom. The Balaban J connectivity index is 2.15. The van der Waals surface area contributed by atoms with Gasteiger partial charge in [-0.2, -0.15) is 0 Å². The van der Waals surface area contributed by atoms with E-state index >= 15 is 0 Å². The molecule has 0 fully saturated rings. The predicted molar refractivity (Wildman–Crippen MR) is 117 cm³/mol. The van der Waals surface area contributed by atoms with Gasteiger partial charge in [0.2, 0.25) is 0 Å². The molecule has 144 valence electrons. The van der Waals surface area contributed by atoms with Crippen molar-refractivity contribution in [1.29, 1.82) is 0 Å². The third kappa shape index (κ3) is 4.29. The molecule has 5 heteroatoms. The van der Waals surface area contributed by atoms with Crippen LogP contribution in [0.1, 0.15) is 23.6 Å². The molecule has 0 radical (unpaired) electrons. The van der Waals surface area contributed by atoms with Crippen LogP contribution in [0.2, 0.25) is 5.02 Å². The van der Waals surface area contributed by atoms with Gasteiger partial charge in [-0.1, -0.05) is 65.2 Å². The molecule has 0 spiro atoms. The highest BCUT2D eigenvalue weighted by Gasteiger charge is 2.24. The van der Waals surface area contributed by atoms with Gasteiger partial charge in [-0.3, -0.25) is 0 Å². The van der Waals surface area contributed by atoms with E-state index < -0.39 is 10.0 Å². The van der Waals surface area contributed by atoms with Crippen LogP contribution >= 0.6 is 11.6 Å². The summed E-state index contributed by atoms with van der Waals surface area (Å²) >= 11 is 6.31. The van der Waals surface area contributed by atoms with Gasteiger partial charge in [0.25, 0.3) is 10.0 Å². The number of allylic oxidation sites excluding steroid dienone is 1. The lowest BCUT2D eigenvalue weighted by atomic mass is 10.1. The van der Waals surface area contributed by atoms with Crippen molar-refractivity contribution in [2.24, 2.45) is 0 Å². The molecule has 0 N–H and O–H groups in total. The smallest absolute Gasteiger partial charge is 0.242 e. The van der Waals surface area contributed by atoms with Crippen molar-refractivity contribution < 1.29 is 8.42 Å². The summed E-state index contributed by atoms with van der Waals surface area (Å²) in [5.41, 5.74) is 4.17. The van der Waals surface area contributed by atoms with Gasteiger partial charge in [0.1, 0.15) is 0 Å². The molecule has 0 heterocycles. The number of benzene rings is 3. The summed E-state index contributed by atoms with van der Waals surface area (Å²) in [4.78, 5) is 0.238. The van der Waals surface area contributed by atoms with Gasteiger partial charge in [0, 0.05) is 11.2 Å². The molecular weight excluding hydrogens is 390 g/mol. The molecular formula is C23H22ClNO2S. The summed E-state index contributed by atoms with van der Waals surface area (Å²) in [6, 6.07) is 21.6. The number of aryl methyl sites for hydroxylation is 2. The molecule has 28 heavy (non-hydrogen) atoms. The molecule has 0 saturated heterocycles. The number of sulfonamides is 1. The van der Waals surface area contributed by atoms with E-state index in [2.05, 4.69) is 0 Å². The maximum Gasteiger partial charge on any atom is 0.268 e. The molecule has 0 aliphatic carbocycles. The minimum atomic E-state index is -3.79. The number of hydrogen-bond acceptors (Lipinski definition) is 2. The van der Waals surface area contributed by atoms with Gasteiger partial charge in [0.15, 0.2) is 0 Å². The number of hydrogen-bond donors (Lipinski definition) is 0. The summed E-state index contributed by atoms with van der Waals surface area (Å²) < 4.78 is 28.2. The van der Waals surface area contributed by atoms with E-state index in [1.807, 2.05) is 51.1 Å². The van der Waals surface area contributed by atoms with Crippen LogP contribution in [0.3, 0.4) is 0 Å². The SMILES string of the molecule is C/C(=C\N(c1ccc(C)cc1)S(=O)(=O)c1ccc(C)cc1)c1ccccc1Cl. The fourth-order valence-electron chi connectivity index (χ4n) is 2.82. The zero-order valence-corrected chi connectivity index (χ0v) is 17.6. The van der Waals surface area contributed by atoms with Gasteiger partial charge >= 0.3 is 0 Å². The molecule has 0 unspecified atom stereocenters. The van der Waals surface area contributed by atoms with E-state index in [0.29, 0.717) is 10.7 Å². The fourth-order valence-corrected chi connectivity index (χ4v) is 4.51. The Morgan fingerprint density at radius 3 is 1.96 bits per heavy atom. The van der Waals surface area contributed by atoms with E-state index in [1.165, 1.54) is 4.31 Å². The van der Waals surface area contributed by atoms with E-state index in [9.17, 15) is 8.42 Å². The fraction of sp³-hybridized carbons (Fsp3) is 0.130. The van der Waals surface area contributed by atoms with Crippen LogP contribution in [0.15, 0.2) is 83.9 Å². The third-order valence-corrected chi connectivity index (χ3v) is 6.51. The van der Waals surface area contributed by atoms with E-state index in [1.54, 1.807) is 48.7 Å². The molecule has 0 bridgehead atoms. The highest BCUT2D eigenvalue weighted by molar-refractivity contribution is 7.93. The van der Waals surface area contributed by atoms with Crippen LogP contribution in [0.4, 0.5) is 5.69 Å². The van der Waals surface area contributed by atoms with Gasteiger partial charge in [-0.25, -0.2) is 12.7 Å². The zero-order valence-electron chi connectivity index (χ0n) is 16.1. The van der Waals surface area contributed by atoms with Crippen LogP contribution in [-0.4, -0.2) is 8.42 Å². The van der Waals surface area contributed by atoms with Crippen LogP contribution in [-0.2, 0) is 10.0 Å². The largest absolute Gasteiger partial charge is 0.268 e. The van der Waals surface area contributed by atoms with Crippen LogP contribution in [0.25, 0.3) is 5.57 Å². The van der Waals surface area contributed by atoms with Gasteiger partial charge in [0.05, 0.1) is 10.6 Å². The van der Waals surface area contributed by atoms with Crippen molar-refractivity contribution in [3.05, 3.63) is 101 Å². The first-order valence-electron chi connectivity index (χ1n) is 8.90. The average molecular weight is 412 g/mol. The van der Waals surface area contributed by atoms with Crippen LogP contribution < -0.4 is 4.31 Å². The number of rotatable bonds is 5. The Bertz CT molecular complexity index is 1100. The Kier molecular flexibility index (Phi) is 5.92. The number of nitrogens with zero attached hydrogens (tertiary/aromatic N) is 1. The second-order valence-corrected chi connectivity index (χ2v) is 8.96. The molecule has 3 nitrogen and oxygen atoms in total. The molecule has 3 aromatic rings. The Hall–Kier alpha value is -2.56. The second-order valence-electron chi connectivity index (χ2n) is 6.74. The number of halogens is 1. The van der Waals surface area contributed by atoms with Crippen molar-refractivity contribution in [2.45, 2.75) is 25.7 Å². The predicted octanol–water partition coefficient (Wildman–Crippen LogP) is 6.21. The van der Waals surface area contributed by atoms with Crippen molar-refractivity contribution in [3.63, 3.8) is 0 Å². The lowest BCUT2D eigenvalue weighted by Crippen LogP contribution is -2.26. The monoisotopic (exact) mass is 411 g/mol. The lowest BCUT2D eigenvalue weighted by Gasteiger charge is -2.22. The minimum Gasteiger partial charge on any atom is -0.242 e. The maximum atomic E-state index is 13.4. The molecule has 0 saturated carbocycles. The molecule has 3 aromatic carbocycles. The highest BCUT2D eigenvalue weighted by Crippen LogP contribution is 2.29. The molecule has 3 rings (SSSR count). The molecule has 0 atom stereocenters. The summed E-state index contributed by atoms with van der Waals surface area (Å²) in [5, 5.41) is 0.577. The topological polar surface area (TPSA) is 37.4 Å². The lowest BCUT2D eigenvalue weighted by molar-refractivity contribution is 0.596. The van der Waals surface area contributed by atoms with E-state index in [0.717, 1.165) is 22.3 Å². The first kappa shape index (κ1) is 20.2. The molecule has 0 aliphatic heterocycles. The van der Waals surface area contributed by atoms with Crippen LogP contribution in [0.5, 0.6) is 0 Å². The maximum absolute atomic E-state index is 13.4. The number of anilines is 1. The minimum absolute atomic E-state index is 0.238. The summed E-state index contributed by atoms with van der Waals surface area (Å²) in [6.45, 7) is 5.75. The normalized spacial score (nSPS) is 12.1. The summed E-state index contributed by atoms with van der Waals surface area (Å²) in [5.74, 6) is 0. The van der Waals surface area contributed by atoms with E-state index in [4.69, 9.17) is 11.6 Å². The zero-order chi connectivity index (χ0) is 20.3. The van der Waals surface area contributed by atoms with Gasteiger partial charge < -0.3 is 0 Å². The van der Waals surface area contributed by atoms with Crippen molar-refractivity contribution in [3.8, 4) is 0 Å². The molecule has 0 aliphatic rings. The second kappa shape index (κ2) is 8.21. The third-order valence-electron chi connectivity index (χ3n) is 4.48. The van der Waals surface area contributed by atoms with Gasteiger partial charge in [-0.05, 0) is 62.2 Å². The highest BCUT2D eigenvalue weighted by atomic mass is 35.5. The first-order valence-corrected chi connectivity index (χ1v) is 10.7. The summed E-state index contributed by atoms with van der Waals surface area (Å²) in [6.07, 6.45) is 1.63. The first-order chi connectivity index (χ1) is 13.3. The summed E-state index contributed by atoms with van der Waals surface area (Å²) in [7, 11) is -3.79. The standard InChI is InChI=1S/C23H22ClNO2S/c1-17-8-12-20(13-9-17)25(16-19(3)22-6-4-5-7-23(22)24)28(26,27)21-14-10-18(2)11-15-21/h4-16H,1-3H3/b19-16+. The Morgan fingerprint density at radius 2 is 1.39 bits per heavy atom. The van der Waals surface area contributed by atoms with Crippen molar-refractivity contribution >= 4 is 32.9 Å². The Labute approximate surface area is 172 Å². The van der Waals surface area contributed by atoms with Crippen LogP contribution in [0, 0.1) is 13.8 Å². The van der Waals surface area contributed by atoms with Gasteiger partial charge in [-0.15, -0.1) is 0 Å². The average Bonchev–Trinajstić information content (AvgIpc) is 2.67. The van der Waals surface area contributed by atoms with Crippen molar-refractivity contribution in [1.82, 2.24) is 0 Å². The molecule has 0 aromatic heterocycles. The quantitative estimate of drug-likeness (QED) is 0.500. The molecule has 0 amide bonds.